The number of Topliss-reactive ketones (excluding diaryl/α,β-unsaturated/α-hetero) is 1. The summed E-state index contributed by atoms with van der Waals surface area (Å²) >= 11 is 11.3. The van der Waals surface area contributed by atoms with Gasteiger partial charge >= 0.3 is 5.97 Å². The molecule has 0 aliphatic heterocycles. The number of hydrogen-bond acceptors (Lipinski definition) is 3. The molecule has 0 aromatic heterocycles. The molecule has 1 rings (SSSR count). The van der Waals surface area contributed by atoms with Crippen molar-refractivity contribution in [3.63, 3.8) is 0 Å². The van der Waals surface area contributed by atoms with Gasteiger partial charge in [-0.15, -0.1) is 23.2 Å². The number of carbonyl (C=O) groups is 2. The van der Waals surface area contributed by atoms with Gasteiger partial charge in [0.2, 0.25) is 0 Å². The standard InChI is InChI=1S/C13H14Cl2O3/c1-2-18-13(17)11-4-3-9(7-10(11)8-15)12(16)5-6-14/h3-4,7H,2,5-6,8H2,1H3. The van der Waals surface area contributed by atoms with Gasteiger partial charge in [0, 0.05) is 23.7 Å². The number of esters is 1. The minimum Gasteiger partial charge on any atom is -0.462 e. The smallest absolute Gasteiger partial charge is 0.338 e. The minimum absolute atomic E-state index is 0.0632. The van der Waals surface area contributed by atoms with E-state index >= 15 is 0 Å². The summed E-state index contributed by atoms with van der Waals surface area (Å²) in [6, 6.07) is 4.78. The van der Waals surface area contributed by atoms with Crippen molar-refractivity contribution in [3.8, 4) is 0 Å². The third kappa shape index (κ3) is 3.72. The second kappa shape index (κ2) is 7.39. The van der Waals surface area contributed by atoms with Gasteiger partial charge in [-0.25, -0.2) is 4.79 Å². The Labute approximate surface area is 116 Å². The Morgan fingerprint density at radius 1 is 1.28 bits per heavy atom. The molecule has 3 nitrogen and oxygen atoms in total. The first-order chi connectivity index (χ1) is 8.63. The van der Waals surface area contributed by atoms with Crippen molar-refractivity contribution in [2.45, 2.75) is 19.2 Å². The first kappa shape index (κ1) is 15.0. The lowest BCUT2D eigenvalue weighted by Crippen LogP contribution is -2.09. The highest BCUT2D eigenvalue weighted by Gasteiger charge is 2.14. The zero-order valence-corrected chi connectivity index (χ0v) is 11.6. The third-order valence-electron chi connectivity index (χ3n) is 2.39. The van der Waals surface area contributed by atoms with Crippen LogP contribution in [-0.2, 0) is 10.6 Å². The quantitative estimate of drug-likeness (QED) is 0.458. The normalized spacial score (nSPS) is 10.2. The summed E-state index contributed by atoms with van der Waals surface area (Å²) < 4.78 is 4.91. The molecular weight excluding hydrogens is 275 g/mol. The zero-order chi connectivity index (χ0) is 13.5. The van der Waals surface area contributed by atoms with Gasteiger partial charge in [-0.3, -0.25) is 4.79 Å². The molecule has 0 saturated heterocycles. The summed E-state index contributed by atoms with van der Waals surface area (Å²) in [5, 5.41) is 0. The molecule has 0 atom stereocenters. The maximum Gasteiger partial charge on any atom is 0.338 e. The Bertz CT molecular complexity index is 444. The third-order valence-corrected chi connectivity index (χ3v) is 2.87. The Morgan fingerprint density at radius 3 is 2.56 bits per heavy atom. The fourth-order valence-corrected chi connectivity index (χ4v) is 1.91. The molecule has 0 amide bonds. The largest absolute Gasteiger partial charge is 0.462 e. The van der Waals surface area contributed by atoms with Crippen molar-refractivity contribution in [2.24, 2.45) is 0 Å². The highest BCUT2D eigenvalue weighted by Crippen LogP contribution is 2.17. The molecule has 0 radical (unpaired) electrons. The van der Waals surface area contributed by atoms with Gasteiger partial charge in [0.1, 0.15) is 0 Å². The minimum atomic E-state index is -0.426. The Hall–Kier alpha value is -1.06. The highest BCUT2D eigenvalue weighted by atomic mass is 35.5. The van der Waals surface area contributed by atoms with Gasteiger partial charge in [0.15, 0.2) is 5.78 Å². The Kier molecular flexibility index (Phi) is 6.16. The van der Waals surface area contributed by atoms with Gasteiger partial charge < -0.3 is 4.74 Å². The number of ketones is 1. The molecule has 0 heterocycles. The molecular formula is C13H14Cl2O3. The van der Waals surface area contributed by atoms with E-state index < -0.39 is 5.97 Å². The number of carbonyl (C=O) groups excluding carboxylic acids is 2. The summed E-state index contributed by atoms with van der Waals surface area (Å²) in [6.07, 6.45) is 0.266. The molecule has 0 bridgehead atoms. The van der Waals surface area contributed by atoms with Gasteiger partial charge in [0.05, 0.1) is 12.2 Å². The molecule has 1 aromatic carbocycles. The molecule has 0 saturated carbocycles. The van der Waals surface area contributed by atoms with Crippen LogP contribution in [0, 0.1) is 0 Å². The van der Waals surface area contributed by atoms with E-state index in [-0.39, 0.29) is 24.0 Å². The van der Waals surface area contributed by atoms with Crippen LogP contribution in [0.5, 0.6) is 0 Å². The molecule has 0 fully saturated rings. The maximum atomic E-state index is 11.7. The zero-order valence-electron chi connectivity index (χ0n) is 10.0. The monoisotopic (exact) mass is 288 g/mol. The van der Waals surface area contributed by atoms with E-state index in [9.17, 15) is 9.59 Å². The lowest BCUT2D eigenvalue weighted by molar-refractivity contribution is 0.0525. The van der Waals surface area contributed by atoms with Gasteiger partial charge in [-0.05, 0) is 24.6 Å². The second-order valence-corrected chi connectivity index (χ2v) is 4.23. The fourth-order valence-electron chi connectivity index (χ4n) is 1.52. The van der Waals surface area contributed by atoms with Crippen LogP contribution in [0.25, 0.3) is 0 Å². The van der Waals surface area contributed by atoms with Gasteiger partial charge in [-0.1, -0.05) is 6.07 Å². The lowest BCUT2D eigenvalue weighted by atomic mass is 10.0. The summed E-state index contributed by atoms with van der Waals surface area (Å²) in [7, 11) is 0. The Balaban J connectivity index is 3.03. The Morgan fingerprint density at radius 2 is 2.00 bits per heavy atom. The van der Waals surface area contributed by atoms with Crippen molar-refractivity contribution >= 4 is 35.0 Å². The molecule has 1 aromatic rings. The maximum absolute atomic E-state index is 11.7. The number of ether oxygens (including phenoxy) is 1. The average Bonchev–Trinajstić information content (AvgIpc) is 2.38. The van der Waals surface area contributed by atoms with E-state index in [0.717, 1.165) is 0 Å². The predicted octanol–water partition coefficient (Wildman–Crippen LogP) is 3.41. The SMILES string of the molecule is CCOC(=O)c1ccc(C(=O)CCCl)cc1CCl. The van der Waals surface area contributed by atoms with Crippen LogP contribution in [0.2, 0.25) is 0 Å². The van der Waals surface area contributed by atoms with Crippen molar-refractivity contribution in [1.29, 1.82) is 0 Å². The van der Waals surface area contributed by atoms with Crippen LogP contribution in [0.15, 0.2) is 18.2 Å². The van der Waals surface area contributed by atoms with E-state index in [1.165, 1.54) is 0 Å². The number of alkyl halides is 2. The summed E-state index contributed by atoms with van der Waals surface area (Å²) in [5.74, 6) is -0.0681. The van der Waals surface area contributed by atoms with Crippen LogP contribution in [0.1, 0.15) is 39.6 Å². The molecule has 0 N–H and O–H groups in total. The van der Waals surface area contributed by atoms with Crippen molar-refractivity contribution in [3.05, 3.63) is 34.9 Å². The van der Waals surface area contributed by atoms with E-state index in [4.69, 9.17) is 27.9 Å². The first-order valence-electron chi connectivity index (χ1n) is 5.59. The number of benzene rings is 1. The highest BCUT2D eigenvalue weighted by molar-refractivity contribution is 6.20. The fraction of sp³-hybridized carbons (Fsp3) is 0.385. The van der Waals surface area contributed by atoms with E-state index in [2.05, 4.69) is 0 Å². The summed E-state index contributed by atoms with van der Waals surface area (Å²) in [4.78, 5) is 23.3. The number of rotatable bonds is 6. The van der Waals surface area contributed by atoms with Crippen LogP contribution in [0.4, 0.5) is 0 Å². The topological polar surface area (TPSA) is 43.4 Å². The lowest BCUT2D eigenvalue weighted by Gasteiger charge is -2.08. The van der Waals surface area contributed by atoms with E-state index in [0.29, 0.717) is 23.3 Å². The summed E-state index contributed by atoms with van der Waals surface area (Å²) in [6.45, 7) is 2.03. The predicted molar refractivity (Wildman–Crippen MR) is 71.6 cm³/mol. The average molecular weight is 289 g/mol. The van der Waals surface area contributed by atoms with Crippen LogP contribution < -0.4 is 0 Å². The van der Waals surface area contributed by atoms with Crippen molar-refractivity contribution in [1.82, 2.24) is 0 Å². The molecule has 18 heavy (non-hydrogen) atoms. The van der Waals surface area contributed by atoms with Crippen LogP contribution in [-0.4, -0.2) is 24.2 Å². The first-order valence-corrected chi connectivity index (χ1v) is 6.66. The number of halogens is 2. The molecule has 0 aliphatic carbocycles. The molecule has 0 unspecified atom stereocenters. The molecule has 0 spiro atoms. The molecule has 0 aliphatic rings. The van der Waals surface area contributed by atoms with Gasteiger partial charge in [0.25, 0.3) is 0 Å². The second-order valence-electron chi connectivity index (χ2n) is 3.59. The van der Waals surface area contributed by atoms with Crippen LogP contribution >= 0.6 is 23.2 Å². The van der Waals surface area contributed by atoms with Gasteiger partial charge in [-0.2, -0.15) is 0 Å². The van der Waals surface area contributed by atoms with Crippen molar-refractivity contribution < 1.29 is 14.3 Å². The molecule has 98 valence electrons. The number of hydrogen-bond donors (Lipinski definition) is 0. The molecule has 5 heteroatoms. The van der Waals surface area contributed by atoms with Crippen LogP contribution in [0.3, 0.4) is 0 Å². The van der Waals surface area contributed by atoms with E-state index in [1.807, 2.05) is 0 Å². The van der Waals surface area contributed by atoms with E-state index in [1.54, 1.807) is 25.1 Å². The summed E-state index contributed by atoms with van der Waals surface area (Å²) in [5.41, 5.74) is 1.50. The van der Waals surface area contributed by atoms with Crippen molar-refractivity contribution in [2.75, 3.05) is 12.5 Å².